The van der Waals surface area contributed by atoms with E-state index in [4.69, 9.17) is 9.47 Å². The molecule has 0 saturated carbocycles. The zero-order chi connectivity index (χ0) is 19.7. The summed E-state index contributed by atoms with van der Waals surface area (Å²) in [4.78, 5) is 0. The Morgan fingerprint density at radius 2 is 1.61 bits per heavy atom. The summed E-state index contributed by atoms with van der Waals surface area (Å²) in [5, 5.41) is 21.3. The van der Waals surface area contributed by atoms with Crippen molar-refractivity contribution in [2.75, 3.05) is 6.79 Å². The molecule has 0 aromatic heterocycles. The van der Waals surface area contributed by atoms with Gasteiger partial charge in [-0.3, -0.25) is 0 Å². The van der Waals surface area contributed by atoms with E-state index in [1.165, 1.54) is 0 Å². The highest BCUT2D eigenvalue weighted by molar-refractivity contribution is 5.73. The second-order valence-electron chi connectivity index (χ2n) is 7.82. The molecule has 0 aliphatic carbocycles. The molecule has 4 heteroatoms. The molecule has 4 nitrogen and oxygen atoms in total. The zero-order valence-electron chi connectivity index (χ0n) is 16.1. The quantitative estimate of drug-likeness (QED) is 0.585. The standard InChI is InChI=1S/C24H24O4/c1-24(2,11-10-16-8-9-22-23(12-16)28-15-27-22)19-14-20(25)18(13-21(19)26)17-6-4-3-5-7-17/h3-9,12-14,25-26H,10-11,15H2,1-2H3. The van der Waals surface area contributed by atoms with E-state index in [1.807, 2.05) is 48.5 Å². The summed E-state index contributed by atoms with van der Waals surface area (Å²) in [5.74, 6) is 1.94. The van der Waals surface area contributed by atoms with Gasteiger partial charge in [0.25, 0.3) is 0 Å². The van der Waals surface area contributed by atoms with Crippen molar-refractivity contribution in [1.82, 2.24) is 0 Å². The maximum absolute atomic E-state index is 10.7. The molecule has 28 heavy (non-hydrogen) atoms. The van der Waals surface area contributed by atoms with Crippen LogP contribution in [0.15, 0.2) is 60.7 Å². The van der Waals surface area contributed by atoms with E-state index in [9.17, 15) is 10.2 Å². The average molecular weight is 376 g/mol. The first kappa shape index (κ1) is 18.2. The molecule has 0 bridgehead atoms. The van der Waals surface area contributed by atoms with Gasteiger partial charge >= 0.3 is 0 Å². The first-order chi connectivity index (χ1) is 13.4. The van der Waals surface area contributed by atoms with Gasteiger partial charge in [-0.05, 0) is 53.6 Å². The van der Waals surface area contributed by atoms with Crippen LogP contribution in [0.1, 0.15) is 31.4 Å². The predicted octanol–water partition coefficient (Wildman–Crippen LogP) is 5.40. The van der Waals surface area contributed by atoms with Crippen LogP contribution in [0.4, 0.5) is 0 Å². The van der Waals surface area contributed by atoms with Crippen LogP contribution in [0.2, 0.25) is 0 Å². The van der Waals surface area contributed by atoms with Gasteiger partial charge in [0.2, 0.25) is 6.79 Å². The molecule has 0 spiro atoms. The normalized spacial score (nSPS) is 12.9. The van der Waals surface area contributed by atoms with Gasteiger partial charge in [0.15, 0.2) is 11.5 Å². The van der Waals surface area contributed by atoms with Gasteiger partial charge in [0, 0.05) is 11.1 Å². The number of benzene rings is 3. The number of hydrogen-bond donors (Lipinski definition) is 2. The van der Waals surface area contributed by atoms with E-state index in [-0.39, 0.29) is 23.7 Å². The topological polar surface area (TPSA) is 58.9 Å². The molecule has 1 heterocycles. The summed E-state index contributed by atoms with van der Waals surface area (Å²) in [6, 6.07) is 18.9. The summed E-state index contributed by atoms with van der Waals surface area (Å²) in [7, 11) is 0. The summed E-state index contributed by atoms with van der Waals surface area (Å²) >= 11 is 0. The molecular formula is C24H24O4. The lowest BCUT2D eigenvalue weighted by Crippen LogP contribution is -2.18. The summed E-state index contributed by atoms with van der Waals surface area (Å²) in [6.07, 6.45) is 1.63. The van der Waals surface area contributed by atoms with Crippen molar-refractivity contribution >= 4 is 0 Å². The molecule has 0 atom stereocenters. The van der Waals surface area contributed by atoms with Crippen LogP contribution < -0.4 is 9.47 Å². The third-order valence-corrected chi connectivity index (χ3v) is 5.40. The van der Waals surface area contributed by atoms with Crippen molar-refractivity contribution < 1.29 is 19.7 Å². The van der Waals surface area contributed by atoms with Crippen molar-refractivity contribution in [2.45, 2.75) is 32.1 Å². The van der Waals surface area contributed by atoms with Gasteiger partial charge < -0.3 is 19.7 Å². The number of aryl methyl sites for hydroxylation is 1. The Hall–Kier alpha value is -3.14. The molecule has 1 aliphatic heterocycles. The molecule has 3 aromatic carbocycles. The van der Waals surface area contributed by atoms with Crippen LogP contribution in [0.3, 0.4) is 0 Å². The molecular weight excluding hydrogens is 352 g/mol. The highest BCUT2D eigenvalue weighted by atomic mass is 16.7. The Labute approximate surface area is 165 Å². The van der Waals surface area contributed by atoms with E-state index < -0.39 is 0 Å². The third kappa shape index (κ3) is 3.50. The van der Waals surface area contributed by atoms with E-state index in [1.54, 1.807) is 12.1 Å². The van der Waals surface area contributed by atoms with Crippen molar-refractivity contribution in [3.63, 3.8) is 0 Å². The Morgan fingerprint density at radius 3 is 2.39 bits per heavy atom. The van der Waals surface area contributed by atoms with E-state index in [0.29, 0.717) is 5.56 Å². The van der Waals surface area contributed by atoms with Crippen molar-refractivity contribution in [1.29, 1.82) is 0 Å². The largest absolute Gasteiger partial charge is 0.508 e. The van der Waals surface area contributed by atoms with Crippen LogP contribution in [0, 0.1) is 0 Å². The van der Waals surface area contributed by atoms with E-state index in [0.717, 1.165) is 41.0 Å². The Morgan fingerprint density at radius 1 is 0.857 bits per heavy atom. The fraction of sp³-hybridized carbons (Fsp3) is 0.250. The minimum absolute atomic E-state index is 0.176. The first-order valence-corrected chi connectivity index (χ1v) is 9.44. The molecule has 4 rings (SSSR count). The molecule has 0 fully saturated rings. The van der Waals surface area contributed by atoms with Crippen LogP contribution in [0.25, 0.3) is 11.1 Å². The number of rotatable bonds is 5. The Kier molecular flexibility index (Phi) is 4.63. The summed E-state index contributed by atoms with van der Waals surface area (Å²) in [5.41, 5.74) is 3.09. The maximum Gasteiger partial charge on any atom is 0.231 e. The smallest absolute Gasteiger partial charge is 0.231 e. The fourth-order valence-corrected chi connectivity index (χ4v) is 3.66. The minimum atomic E-state index is -0.312. The van der Waals surface area contributed by atoms with Crippen LogP contribution in [-0.4, -0.2) is 17.0 Å². The van der Waals surface area contributed by atoms with E-state index in [2.05, 4.69) is 13.8 Å². The van der Waals surface area contributed by atoms with Gasteiger partial charge in [-0.15, -0.1) is 0 Å². The lowest BCUT2D eigenvalue weighted by atomic mass is 9.78. The average Bonchev–Trinajstić information content (AvgIpc) is 3.16. The number of aromatic hydroxyl groups is 2. The lowest BCUT2D eigenvalue weighted by molar-refractivity contribution is 0.174. The zero-order valence-corrected chi connectivity index (χ0v) is 16.1. The molecule has 0 saturated heterocycles. The number of phenols is 2. The molecule has 1 aliphatic rings. The molecule has 3 aromatic rings. The molecule has 0 radical (unpaired) electrons. The number of ether oxygens (including phenoxy) is 2. The van der Waals surface area contributed by atoms with Crippen LogP contribution in [-0.2, 0) is 11.8 Å². The minimum Gasteiger partial charge on any atom is -0.508 e. The predicted molar refractivity (Wildman–Crippen MR) is 109 cm³/mol. The first-order valence-electron chi connectivity index (χ1n) is 9.44. The van der Waals surface area contributed by atoms with Gasteiger partial charge in [0.1, 0.15) is 11.5 Å². The summed E-state index contributed by atoms with van der Waals surface area (Å²) < 4.78 is 10.8. The van der Waals surface area contributed by atoms with Crippen LogP contribution >= 0.6 is 0 Å². The van der Waals surface area contributed by atoms with E-state index >= 15 is 0 Å². The molecule has 0 unspecified atom stereocenters. The summed E-state index contributed by atoms with van der Waals surface area (Å²) in [6.45, 7) is 4.43. The molecule has 2 N–H and O–H groups in total. The Balaban J connectivity index is 1.56. The van der Waals surface area contributed by atoms with Gasteiger partial charge in [-0.25, -0.2) is 0 Å². The van der Waals surface area contributed by atoms with Gasteiger partial charge in [-0.2, -0.15) is 0 Å². The van der Waals surface area contributed by atoms with Gasteiger partial charge in [0.05, 0.1) is 0 Å². The SMILES string of the molecule is CC(C)(CCc1ccc2c(c1)OCO2)c1cc(O)c(-c2ccccc2)cc1O. The van der Waals surface area contributed by atoms with Crippen LogP contribution in [0.5, 0.6) is 23.0 Å². The van der Waals surface area contributed by atoms with Gasteiger partial charge in [-0.1, -0.05) is 50.2 Å². The monoisotopic (exact) mass is 376 g/mol. The molecule has 0 amide bonds. The number of fused-ring (bicyclic) bond motifs is 1. The highest BCUT2D eigenvalue weighted by Gasteiger charge is 2.26. The lowest BCUT2D eigenvalue weighted by Gasteiger charge is -2.27. The van der Waals surface area contributed by atoms with Crippen molar-refractivity contribution in [3.8, 4) is 34.1 Å². The molecule has 144 valence electrons. The maximum atomic E-state index is 10.7. The third-order valence-electron chi connectivity index (χ3n) is 5.40. The highest BCUT2D eigenvalue weighted by Crippen LogP contribution is 2.42. The Bertz CT molecular complexity index is 993. The second-order valence-corrected chi connectivity index (χ2v) is 7.82. The van der Waals surface area contributed by atoms with Crippen molar-refractivity contribution in [2.24, 2.45) is 0 Å². The number of hydrogen-bond acceptors (Lipinski definition) is 4. The number of phenolic OH excluding ortho intramolecular Hbond substituents is 2. The second kappa shape index (κ2) is 7.12. The van der Waals surface area contributed by atoms with Crippen molar-refractivity contribution in [3.05, 3.63) is 71.8 Å². The fourth-order valence-electron chi connectivity index (χ4n) is 3.66.